The molecule has 1 amide bonds. The molecule has 0 unspecified atom stereocenters. The molecule has 2 heterocycles. The van der Waals surface area contributed by atoms with Gasteiger partial charge in [-0.15, -0.1) is 0 Å². The van der Waals surface area contributed by atoms with Gasteiger partial charge in [0.1, 0.15) is 24.0 Å². The number of hydrogen-bond acceptors (Lipinski definition) is 6. The number of para-hydroxylation sites is 1. The van der Waals surface area contributed by atoms with Crippen LogP contribution in [0.3, 0.4) is 0 Å². The third-order valence-corrected chi connectivity index (χ3v) is 4.97. The highest BCUT2D eigenvalue weighted by Crippen LogP contribution is 2.17. The highest BCUT2D eigenvalue weighted by molar-refractivity contribution is 7.98. The summed E-state index contributed by atoms with van der Waals surface area (Å²) in [5.74, 6) is 0.296. The molecule has 1 aromatic carbocycles. The van der Waals surface area contributed by atoms with Gasteiger partial charge in [-0.25, -0.2) is 9.78 Å². The van der Waals surface area contributed by atoms with Gasteiger partial charge >= 0.3 is 5.97 Å². The molecule has 0 radical (unpaired) electrons. The summed E-state index contributed by atoms with van der Waals surface area (Å²) in [6, 6.07) is 11.8. The molecule has 7 nitrogen and oxygen atoms in total. The Kier molecular flexibility index (Phi) is 7.13. The fourth-order valence-corrected chi connectivity index (χ4v) is 3.33. The number of carbonyl (C=O) groups is 2. The van der Waals surface area contributed by atoms with Crippen molar-refractivity contribution < 1.29 is 19.1 Å². The third-order valence-electron chi connectivity index (χ3n) is 4.33. The second kappa shape index (κ2) is 9.97. The number of imidazole rings is 1. The van der Waals surface area contributed by atoms with E-state index in [0.29, 0.717) is 29.2 Å². The quantitative estimate of drug-likeness (QED) is 0.543. The molecular formula is C21H23N3O4S. The SMILES string of the molecule is COc1ccccc1C(=O)N[C@@H](CCSC)C(=O)OCc1cn2ccccc2n1. The van der Waals surface area contributed by atoms with Crippen molar-refractivity contribution in [3.8, 4) is 5.75 Å². The van der Waals surface area contributed by atoms with E-state index in [0.717, 1.165) is 5.65 Å². The van der Waals surface area contributed by atoms with Gasteiger partial charge < -0.3 is 19.2 Å². The molecule has 0 saturated carbocycles. The van der Waals surface area contributed by atoms with Gasteiger partial charge in [-0.05, 0) is 42.7 Å². The summed E-state index contributed by atoms with van der Waals surface area (Å²) < 4.78 is 12.5. The zero-order valence-electron chi connectivity index (χ0n) is 16.3. The first-order chi connectivity index (χ1) is 14.1. The molecule has 0 aliphatic heterocycles. The van der Waals surface area contributed by atoms with Gasteiger partial charge in [-0.3, -0.25) is 4.79 Å². The predicted molar refractivity (Wildman–Crippen MR) is 112 cm³/mol. The lowest BCUT2D eigenvalue weighted by molar-refractivity contribution is -0.147. The highest BCUT2D eigenvalue weighted by atomic mass is 32.2. The van der Waals surface area contributed by atoms with Crippen LogP contribution in [0.5, 0.6) is 5.75 Å². The van der Waals surface area contributed by atoms with E-state index >= 15 is 0 Å². The van der Waals surface area contributed by atoms with E-state index < -0.39 is 12.0 Å². The summed E-state index contributed by atoms with van der Waals surface area (Å²) in [5, 5.41) is 2.77. The number of benzene rings is 1. The van der Waals surface area contributed by atoms with Crippen LogP contribution in [0.15, 0.2) is 54.9 Å². The number of ether oxygens (including phenoxy) is 2. The van der Waals surface area contributed by atoms with E-state index in [9.17, 15) is 9.59 Å². The normalized spacial score (nSPS) is 11.8. The first kappa shape index (κ1) is 20.7. The maximum atomic E-state index is 12.7. The van der Waals surface area contributed by atoms with Crippen LogP contribution >= 0.6 is 11.8 Å². The minimum atomic E-state index is -0.753. The number of esters is 1. The van der Waals surface area contributed by atoms with E-state index in [-0.39, 0.29) is 12.5 Å². The Labute approximate surface area is 173 Å². The number of fused-ring (bicyclic) bond motifs is 1. The Morgan fingerprint density at radius 1 is 1.21 bits per heavy atom. The fraction of sp³-hybridized carbons (Fsp3) is 0.286. The molecule has 8 heteroatoms. The number of aromatic nitrogens is 2. The highest BCUT2D eigenvalue weighted by Gasteiger charge is 2.24. The standard InChI is InChI=1S/C21H23N3O4S/c1-27-18-8-4-3-7-16(18)20(25)23-17(10-12-29-2)21(26)28-14-15-13-24-11-6-5-9-19(24)22-15/h3-9,11,13,17H,10,12,14H2,1-2H3,(H,23,25)/t17-/m0/s1. The number of thioether (sulfide) groups is 1. The zero-order valence-corrected chi connectivity index (χ0v) is 17.1. The summed E-state index contributed by atoms with van der Waals surface area (Å²) >= 11 is 1.60. The van der Waals surface area contributed by atoms with E-state index in [1.54, 1.807) is 36.0 Å². The molecule has 0 saturated heterocycles. The molecular weight excluding hydrogens is 390 g/mol. The van der Waals surface area contributed by atoms with Gasteiger partial charge in [-0.1, -0.05) is 18.2 Å². The minimum absolute atomic E-state index is 0.0425. The van der Waals surface area contributed by atoms with Gasteiger partial charge in [0, 0.05) is 12.4 Å². The molecule has 0 aliphatic carbocycles. The monoisotopic (exact) mass is 413 g/mol. The molecule has 3 aromatic rings. The second-order valence-corrected chi connectivity index (χ2v) is 7.30. The maximum absolute atomic E-state index is 12.7. The van der Waals surface area contributed by atoms with E-state index in [1.807, 2.05) is 41.2 Å². The van der Waals surface area contributed by atoms with Gasteiger partial charge in [0.05, 0.1) is 18.4 Å². The van der Waals surface area contributed by atoms with Crippen LogP contribution < -0.4 is 10.1 Å². The molecule has 1 N–H and O–H groups in total. The van der Waals surface area contributed by atoms with Gasteiger partial charge in [0.2, 0.25) is 0 Å². The Morgan fingerprint density at radius 3 is 2.76 bits per heavy atom. The number of amides is 1. The van der Waals surface area contributed by atoms with Crippen molar-refractivity contribution in [1.29, 1.82) is 0 Å². The first-order valence-corrected chi connectivity index (χ1v) is 10.5. The Morgan fingerprint density at radius 2 is 2.00 bits per heavy atom. The molecule has 0 fully saturated rings. The largest absolute Gasteiger partial charge is 0.496 e. The number of pyridine rings is 1. The van der Waals surface area contributed by atoms with Gasteiger partial charge in [0.15, 0.2) is 0 Å². The first-order valence-electron chi connectivity index (χ1n) is 9.14. The van der Waals surface area contributed by atoms with Crippen LogP contribution in [-0.4, -0.2) is 46.4 Å². The Hall–Kier alpha value is -3.00. The van der Waals surface area contributed by atoms with E-state index in [4.69, 9.17) is 9.47 Å². The molecule has 0 aliphatic rings. The summed E-state index contributed by atoms with van der Waals surface area (Å²) in [6.07, 6.45) is 6.10. The fourth-order valence-electron chi connectivity index (χ4n) is 2.86. The molecule has 2 aromatic heterocycles. The summed E-state index contributed by atoms with van der Waals surface area (Å²) in [7, 11) is 1.50. The average molecular weight is 413 g/mol. The molecule has 0 bridgehead atoms. The van der Waals surface area contributed by atoms with Crippen molar-refractivity contribution in [2.75, 3.05) is 19.1 Å². The maximum Gasteiger partial charge on any atom is 0.329 e. The number of carbonyl (C=O) groups excluding carboxylic acids is 2. The molecule has 0 spiro atoms. The van der Waals surface area contributed by atoms with Crippen LogP contribution in [-0.2, 0) is 16.1 Å². The number of nitrogens with zero attached hydrogens (tertiary/aromatic N) is 2. The Balaban J connectivity index is 1.66. The Bertz CT molecular complexity index is 956. The predicted octanol–water partition coefficient (Wildman–Crippen LogP) is 2.94. The van der Waals surface area contributed by atoms with Crippen LogP contribution in [0, 0.1) is 0 Å². The van der Waals surface area contributed by atoms with Gasteiger partial charge in [-0.2, -0.15) is 11.8 Å². The van der Waals surface area contributed by atoms with Crippen molar-refractivity contribution >= 4 is 29.3 Å². The third kappa shape index (κ3) is 5.29. The molecule has 1 atom stereocenters. The van der Waals surface area contributed by atoms with E-state index in [1.165, 1.54) is 7.11 Å². The topological polar surface area (TPSA) is 81.9 Å². The lowest BCUT2D eigenvalue weighted by Crippen LogP contribution is -2.42. The van der Waals surface area contributed by atoms with Crippen molar-refractivity contribution in [2.24, 2.45) is 0 Å². The van der Waals surface area contributed by atoms with Crippen molar-refractivity contribution in [3.63, 3.8) is 0 Å². The van der Waals surface area contributed by atoms with Crippen molar-refractivity contribution in [3.05, 3.63) is 66.1 Å². The van der Waals surface area contributed by atoms with Crippen LogP contribution in [0.1, 0.15) is 22.5 Å². The number of nitrogens with one attached hydrogen (secondary N) is 1. The number of hydrogen-bond donors (Lipinski definition) is 1. The summed E-state index contributed by atoms with van der Waals surface area (Å²) in [5.41, 5.74) is 1.79. The van der Waals surface area contributed by atoms with Crippen LogP contribution in [0.2, 0.25) is 0 Å². The zero-order chi connectivity index (χ0) is 20.6. The smallest absolute Gasteiger partial charge is 0.329 e. The average Bonchev–Trinajstić information content (AvgIpc) is 3.17. The molecule has 152 valence electrons. The van der Waals surface area contributed by atoms with E-state index in [2.05, 4.69) is 10.3 Å². The second-order valence-electron chi connectivity index (χ2n) is 6.31. The number of rotatable bonds is 9. The van der Waals surface area contributed by atoms with Crippen molar-refractivity contribution in [2.45, 2.75) is 19.1 Å². The summed E-state index contributed by atoms with van der Waals surface area (Å²) in [4.78, 5) is 29.7. The molecule has 29 heavy (non-hydrogen) atoms. The lowest BCUT2D eigenvalue weighted by Gasteiger charge is -2.18. The summed E-state index contributed by atoms with van der Waals surface area (Å²) in [6.45, 7) is 0.0425. The van der Waals surface area contributed by atoms with Crippen LogP contribution in [0.25, 0.3) is 5.65 Å². The van der Waals surface area contributed by atoms with Crippen molar-refractivity contribution in [1.82, 2.24) is 14.7 Å². The van der Waals surface area contributed by atoms with Crippen LogP contribution in [0.4, 0.5) is 0 Å². The van der Waals surface area contributed by atoms with Gasteiger partial charge in [0.25, 0.3) is 5.91 Å². The minimum Gasteiger partial charge on any atom is -0.496 e. The number of methoxy groups -OCH3 is 1. The lowest BCUT2D eigenvalue weighted by atomic mass is 10.1. The molecule has 3 rings (SSSR count).